The monoisotopic (exact) mass is 163 g/mol. The summed E-state index contributed by atoms with van der Waals surface area (Å²) >= 11 is 0. The lowest BCUT2D eigenvalue weighted by Gasteiger charge is -2.06. The second-order valence-corrected chi connectivity index (χ2v) is 3.41. The van der Waals surface area contributed by atoms with Crippen LogP contribution in [0.1, 0.15) is 39.0 Å². The first-order chi connectivity index (χ1) is 5.79. The molecule has 0 amide bonds. The predicted molar refractivity (Wildman–Crippen MR) is 52.6 cm³/mol. The molecule has 0 heterocycles. The fourth-order valence-electron chi connectivity index (χ4n) is 1.37. The molecule has 0 aromatic heterocycles. The summed E-state index contributed by atoms with van der Waals surface area (Å²) in [6.45, 7) is 2.19. The van der Waals surface area contributed by atoms with E-state index in [-0.39, 0.29) is 6.04 Å². The summed E-state index contributed by atoms with van der Waals surface area (Å²) < 4.78 is 0. The van der Waals surface area contributed by atoms with E-state index in [0.717, 1.165) is 19.3 Å². The molecule has 0 saturated carbocycles. The van der Waals surface area contributed by atoms with Crippen molar-refractivity contribution < 1.29 is 0 Å². The number of hydrogen-bond donors (Lipinski definition) is 1. The lowest BCUT2D eigenvalue weighted by Crippen LogP contribution is -2.17. The van der Waals surface area contributed by atoms with Crippen molar-refractivity contribution in [3.05, 3.63) is 11.6 Å². The van der Waals surface area contributed by atoms with E-state index in [9.17, 15) is 0 Å². The lowest BCUT2D eigenvalue weighted by molar-refractivity contribution is 0.672. The predicted octanol–water partition coefficient (Wildman–Crippen LogP) is 2.23. The summed E-state index contributed by atoms with van der Waals surface area (Å²) in [5.74, 6) is 6.17. The highest BCUT2D eigenvalue weighted by atomic mass is 14.6. The molecule has 0 aliphatic heterocycles. The average molecular weight is 163 g/mol. The molecule has 1 unspecified atom stereocenters. The Balaban J connectivity index is 2.49. The summed E-state index contributed by atoms with van der Waals surface area (Å²) in [7, 11) is 0. The molecule has 1 atom stereocenters. The van der Waals surface area contributed by atoms with Crippen molar-refractivity contribution in [3.8, 4) is 11.8 Å². The summed E-state index contributed by atoms with van der Waals surface area (Å²) in [5, 5.41) is 0. The van der Waals surface area contributed by atoms with Crippen LogP contribution in [-0.4, -0.2) is 6.04 Å². The average Bonchev–Trinajstić information content (AvgIpc) is 2.04. The molecule has 1 aliphatic rings. The minimum atomic E-state index is 0.107. The van der Waals surface area contributed by atoms with Crippen LogP contribution in [0.15, 0.2) is 11.6 Å². The van der Waals surface area contributed by atoms with E-state index in [2.05, 4.69) is 24.8 Å². The maximum absolute atomic E-state index is 5.78. The van der Waals surface area contributed by atoms with Crippen molar-refractivity contribution in [3.63, 3.8) is 0 Å². The van der Waals surface area contributed by atoms with Gasteiger partial charge in [0.05, 0.1) is 6.04 Å². The van der Waals surface area contributed by atoms with E-state index in [1.165, 1.54) is 18.4 Å². The molecule has 0 aromatic carbocycles. The Morgan fingerprint density at radius 2 is 2.42 bits per heavy atom. The van der Waals surface area contributed by atoms with Gasteiger partial charge in [0.1, 0.15) is 0 Å². The smallest absolute Gasteiger partial charge is 0.0664 e. The summed E-state index contributed by atoms with van der Waals surface area (Å²) in [4.78, 5) is 0. The summed E-state index contributed by atoms with van der Waals surface area (Å²) in [6.07, 6.45) is 7.76. The largest absolute Gasteiger partial charge is 0.318 e. The van der Waals surface area contributed by atoms with Gasteiger partial charge >= 0.3 is 0 Å². The topological polar surface area (TPSA) is 26.0 Å². The minimum absolute atomic E-state index is 0.107. The third-order valence-electron chi connectivity index (χ3n) is 2.14. The third-order valence-corrected chi connectivity index (χ3v) is 2.14. The van der Waals surface area contributed by atoms with Crippen molar-refractivity contribution in [1.29, 1.82) is 0 Å². The first kappa shape index (κ1) is 9.35. The van der Waals surface area contributed by atoms with Crippen LogP contribution in [0.3, 0.4) is 0 Å². The molecule has 1 nitrogen and oxygen atoms in total. The Kier molecular flexibility index (Phi) is 3.90. The van der Waals surface area contributed by atoms with Gasteiger partial charge in [-0.3, -0.25) is 0 Å². The lowest BCUT2D eigenvalue weighted by atomic mass is 10.0. The highest BCUT2D eigenvalue weighted by molar-refractivity contribution is 5.09. The molecular formula is C11H17N. The fraction of sp³-hybridized carbons (Fsp3) is 0.636. The number of nitrogens with two attached hydrogens (primary N) is 1. The second kappa shape index (κ2) is 5.00. The first-order valence-corrected chi connectivity index (χ1v) is 4.68. The van der Waals surface area contributed by atoms with Crippen LogP contribution in [0, 0.1) is 11.8 Å². The van der Waals surface area contributed by atoms with Crippen LogP contribution in [0.4, 0.5) is 0 Å². The van der Waals surface area contributed by atoms with E-state index in [1.807, 2.05) is 0 Å². The molecule has 0 saturated heterocycles. The van der Waals surface area contributed by atoms with E-state index in [4.69, 9.17) is 5.73 Å². The van der Waals surface area contributed by atoms with Gasteiger partial charge in [0, 0.05) is 6.42 Å². The Morgan fingerprint density at radius 3 is 3.25 bits per heavy atom. The van der Waals surface area contributed by atoms with Crippen molar-refractivity contribution >= 4 is 0 Å². The number of allylic oxidation sites excluding steroid dienone is 2. The molecule has 0 radical (unpaired) electrons. The normalized spacial score (nSPS) is 29.5. The van der Waals surface area contributed by atoms with Crippen LogP contribution in [0.2, 0.25) is 0 Å². The molecule has 2 N–H and O–H groups in total. The molecule has 0 aromatic rings. The minimum Gasteiger partial charge on any atom is -0.318 e. The number of hydrogen-bond acceptors (Lipinski definition) is 1. The number of rotatable bonds is 0. The Morgan fingerprint density at radius 1 is 1.58 bits per heavy atom. The van der Waals surface area contributed by atoms with Crippen LogP contribution >= 0.6 is 0 Å². The quantitative estimate of drug-likeness (QED) is 0.430. The Bertz CT molecular complexity index is 217. The Labute approximate surface area is 75.0 Å². The van der Waals surface area contributed by atoms with Crippen LogP contribution in [0.25, 0.3) is 0 Å². The molecule has 0 bridgehead atoms. The fourth-order valence-corrected chi connectivity index (χ4v) is 1.37. The molecular weight excluding hydrogens is 146 g/mol. The van der Waals surface area contributed by atoms with Gasteiger partial charge < -0.3 is 5.73 Å². The zero-order chi connectivity index (χ0) is 8.81. The first-order valence-electron chi connectivity index (χ1n) is 4.68. The highest BCUT2D eigenvalue weighted by Crippen LogP contribution is 2.10. The second-order valence-electron chi connectivity index (χ2n) is 3.41. The van der Waals surface area contributed by atoms with Gasteiger partial charge in [-0.25, -0.2) is 0 Å². The van der Waals surface area contributed by atoms with Gasteiger partial charge in [-0.05, 0) is 32.6 Å². The maximum atomic E-state index is 5.78. The Hall–Kier alpha value is -0.740. The van der Waals surface area contributed by atoms with E-state index in [1.54, 1.807) is 0 Å². The summed E-state index contributed by atoms with van der Waals surface area (Å²) in [6, 6.07) is 0.107. The molecule has 1 heteroatoms. The summed E-state index contributed by atoms with van der Waals surface area (Å²) in [5.41, 5.74) is 7.27. The molecule has 12 heavy (non-hydrogen) atoms. The van der Waals surface area contributed by atoms with Gasteiger partial charge in [-0.1, -0.05) is 17.6 Å². The van der Waals surface area contributed by atoms with Gasteiger partial charge in [0.25, 0.3) is 0 Å². The van der Waals surface area contributed by atoms with E-state index < -0.39 is 0 Å². The van der Waals surface area contributed by atoms with Gasteiger partial charge in [-0.15, -0.1) is 5.92 Å². The third kappa shape index (κ3) is 3.59. The van der Waals surface area contributed by atoms with Gasteiger partial charge in [0.2, 0.25) is 0 Å². The molecule has 0 fully saturated rings. The zero-order valence-electron chi connectivity index (χ0n) is 7.77. The zero-order valence-corrected chi connectivity index (χ0v) is 7.77. The molecule has 1 aliphatic carbocycles. The SMILES string of the molecule is C/C1=C/CCC#CC(N)CCC1. The van der Waals surface area contributed by atoms with Crippen molar-refractivity contribution in [2.24, 2.45) is 5.73 Å². The van der Waals surface area contributed by atoms with Gasteiger partial charge in [0.15, 0.2) is 0 Å². The van der Waals surface area contributed by atoms with E-state index >= 15 is 0 Å². The highest BCUT2D eigenvalue weighted by Gasteiger charge is 1.99. The van der Waals surface area contributed by atoms with Gasteiger partial charge in [-0.2, -0.15) is 0 Å². The maximum Gasteiger partial charge on any atom is 0.0664 e. The van der Waals surface area contributed by atoms with Crippen molar-refractivity contribution in [2.45, 2.75) is 45.1 Å². The van der Waals surface area contributed by atoms with Crippen molar-refractivity contribution in [2.75, 3.05) is 0 Å². The standard InChI is InChI=1S/C11H17N/c1-10-6-3-2-4-8-11(12)9-5-7-10/h6,11H,2-3,5,7,9,12H2,1H3/b10-6-. The van der Waals surface area contributed by atoms with Crippen molar-refractivity contribution in [1.82, 2.24) is 0 Å². The van der Waals surface area contributed by atoms with Crippen LogP contribution < -0.4 is 5.73 Å². The molecule has 66 valence electrons. The van der Waals surface area contributed by atoms with Crippen LogP contribution in [-0.2, 0) is 0 Å². The molecule has 0 spiro atoms. The molecule has 1 rings (SSSR count). The van der Waals surface area contributed by atoms with E-state index in [0.29, 0.717) is 0 Å². The van der Waals surface area contributed by atoms with Crippen LogP contribution in [0.5, 0.6) is 0 Å².